The third-order valence-corrected chi connectivity index (χ3v) is 5.43. The number of nitrogens with one attached hydrogen (secondary N) is 3. The van der Waals surface area contributed by atoms with Crippen molar-refractivity contribution in [1.29, 1.82) is 0 Å². The van der Waals surface area contributed by atoms with Gasteiger partial charge in [0.25, 0.3) is 11.8 Å². The van der Waals surface area contributed by atoms with E-state index in [4.69, 9.17) is 40.5 Å². The highest BCUT2D eigenvalue weighted by Crippen LogP contribution is 2.14. The van der Waals surface area contributed by atoms with Gasteiger partial charge in [-0.15, -0.1) is 23.2 Å². The quantitative estimate of drug-likeness (QED) is 0.207. The maximum Gasteiger partial charge on any atom is 0.253 e. The number of carbonyl (C=O) groups excluding carboxylic acids is 4. The van der Waals surface area contributed by atoms with E-state index in [2.05, 4.69) is 41.6 Å². The van der Waals surface area contributed by atoms with Crippen LogP contribution < -0.4 is 21.7 Å². The molecule has 0 aliphatic rings. The van der Waals surface area contributed by atoms with E-state index in [9.17, 15) is 19.2 Å². The minimum absolute atomic E-state index is 0.0957. The van der Waals surface area contributed by atoms with Gasteiger partial charge in [-0.25, -0.2) is 0 Å². The van der Waals surface area contributed by atoms with Gasteiger partial charge in [-0.2, -0.15) is 0 Å². The summed E-state index contributed by atoms with van der Waals surface area (Å²) in [7, 11) is 3.11. The molecule has 38 heavy (non-hydrogen) atoms. The van der Waals surface area contributed by atoms with Crippen LogP contribution in [0, 0.1) is 0 Å². The standard InChI is InChI=1S/C10H11ClN2O2.C8H10N2O.C6H15N.C2H2Cl2O/c1-12-10(15)7-4-2-3-5-8(7)13-9(14)6-11;1-10-8(11)6-4-2-3-5-7(6)9;1-4-7(5-2)6-3;3-1-2(4)5/h2-5H,6H2,1H3,(H,12,15)(H,13,14);2-5H,9H2,1H3,(H,10,11);4-6H2,1-3H3;1H2. The van der Waals surface area contributed by atoms with E-state index < -0.39 is 5.24 Å². The first kappa shape index (κ1) is 37.3. The summed E-state index contributed by atoms with van der Waals surface area (Å²) < 4.78 is 0. The normalized spacial score (nSPS) is 9.29. The largest absolute Gasteiger partial charge is 0.398 e. The lowest BCUT2D eigenvalue weighted by atomic mass is 10.1. The molecule has 0 aromatic heterocycles. The van der Waals surface area contributed by atoms with Gasteiger partial charge in [-0.3, -0.25) is 19.2 Å². The third-order valence-electron chi connectivity index (χ3n) is 4.67. The predicted molar refractivity (Wildman–Crippen MR) is 158 cm³/mol. The minimum atomic E-state index is -0.508. The van der Waals surface area contributed by atoms with E-state index in [1.807, 2.05) is 0 Å². The summed E-state index contributed by atoms with van der Waals surface area (Å²) in [6.45, 7) is 10.1. The van der Waals surface area contributed by atoms with Crippen molar-refractivity contribution in [3.63, 3.8) is 0 Å². The van der Waals surface area contributed by atoms with Gasteiger partial charge in [0.05, 0.1) is 22.7 Å². The van der Waals surface area contributed by atoms with Gasteiger partial charge in [-0.1, -0.05) is 45.0 Å². The first-order chi connectivity index (χ1) is 18.1. The van der Waals surface area contributed by atoms with Crippen LogP contribution in [0.3, 0.4) is 0 Å². The summed E-state index contributed by atoms with van der Waals surface area (Å²) in [4.78, 5) is 45.3. The summed E-state index contributed by atoms with van der Waals surface area (Å²) >= 11 is 14.9. The van der Waals surface area contributed by atoms with E-state index in [0.717, 1.165) is 0 Å². The van der Waals surface area contributed by atoms with Crippen LogP contribution in [0.2, 0.25) is 0 Å². The Morgan fingerprint density at radius 2 is 1.18 bits per heavy atom. The fourth-order valence-corrected chi connectivity index (χ4v) is 2.68. The van der Waals surface area contributed by atoms with Crippen LogP contribution in [0.1, 0.15) is 41.5 Å². The Bertz CT molecular complexity index is 983. The predicted octanol–water partition coefficient (Wildman–Crippen LogP) is 4.19. The first-order valence-electron chi connectivity index (χ1n) is 11.8. The monoisotopic (exact) mass is 589 g/mol. The van der Waals surface area contributed by atoms with E-state index in [1.165, 1.54) is 26.7 Å². The summed E-state index contributed by atoms with van der Waals surface area (Å²) in [5, 5.41) is 7.03. The molecule has 0 saturated heterocycles. The zero-order valence-corrected chi connectivity index (χ0v) is 24.7. The molecule has 0 radical (unpaired) electrons. The summed E-state index contributed by atoms with van der Waals surface area (Å²) in [5.74, 6) is -0.972. The van der Waals surface area contributed by atoms with Gasteiger partial charge < -0.3 is 26.6 Å². The second kappa shape index (κ2) is 23.3. The number of para-hydroxylation sites is 2. The molecule has 0 atom stereocenters. The molecule has 5 N–H and O–H groups in total. The molecule has 0 heterocycles. The highest BCUT2D eigenvalue weighted by molar-refractivity contribution is 6.67. The molecule has 3 amide bonds. The van der Waals surface area contributed by atoms with Crippen LogP contribution in [-0.4, -0.2) is 73.4 Å². The van der Waals surface area contributed by atoms with Gasteiger partial charge >= 0.3 is 0 Å². The lowest BCUT2D eigenvalue weighted by Crippen LogP contribution is -2.21. The van der Waals surface area contributed by atoms with Crippen LogP contribution in [0.5, 0.6) is 0 Å². The number of nitrogen functional groups attached to an aromatic ring is 1. The lowest BCUT2D eigenvalue weighted by molar-refractivity contribution is -0.114. The minimum Gasteiger partial charge on any atom is -0.398 e. The number of hydrogen-bond acceptors (Lipinski definition) is 6. The SMILES string of the molecule is CCN(CC)CC.CNC(=O)c1ccccc1N.CNC(=O)c1ccccc1NC(=O)CCl.O=C(Cl)CCl. The molecular formula is C26H38Cl3N5O4. The van der Waals surface area contributed by atoms with Gasteiger partial charge in [0, 0.05) is 19.8 Å². The van der Waals surface area contributed by atoms with Crippen LogP contribution >= 0.6 is 34.8 Å². The Morgan fingerprint density at radius 1 is 0.763 bits per heavy atom. The zero-order chi connectivity index (χ0) is 29.5. The summed E-state index contributed by atoms with van der Waals surface area (Å²) in [5.41, 5.74) is 7.44. The lowest BCUT2D eigenvalue weighted by Gasteiger charge is -2.13. The second-order valence-electron chi connectivity index (χ2n) is 7.08. The van der Waals surface area contributed by atoms with Crippen LogP contribution in [-0.2, 0) is 9.59 Å². The number of nitrogens with zero attached hydrogens (tertiary/aromatic N) is 1. The molecule has 0 fully saturated rings. The van der Waals surface area contributed by atoms with Crippen molar-refractivity contribution in [2.45, 2.75) is 20.8 Å². The molecule has 0 spiro atoms. The number of hydrogen-bond donors (Lipinski definition) is 4. The molecule has 2 rings (SSSR count). The Balaban J connectivity index is 0. The molecule has 0 aliphatic carbocycles. The first-order valence-corrected chi connectivity index (χ1v) is 13.2. The van der Waals surface area contributed by atoms with Crippen molar-refractivity contribution >= 4 is 69.1 Å². The van der Waals surface area contributed by atoms with Crippen molar-refractivity contribution in [2.24, 2.45) is 0 Å². The number of halogens is 3. The number of alkyl halides is 2. The van der Waals surface area contributed by atoms with Crippen molar-refractivity contribution in [1.82, 2.24) is 15.5 Å². The molecule has 0 saturated carbocycles. The number of benzene rings is 2. The molecule has 12 heteroatoms. The number of rotatable bonds is 8. The maximum absolute atomic E-state index is 11.4. The summed E-state index contributed by atoms with van der Waals surface area (Å²) in [6, 6.07) is 13.7. The Morgan fingerprint density at radius 3 is 1.55 bits per heavy atom. The Hall–Kier alpha value is -2.85. The molecule has 0 aliphatic heterocycles. The van der Waals surface area contributed by atoms with Crippen molar-refractivity contribution < 1.29 is 19.2 Å². The smallest absolute Gasteiger partial charge is 0.253 e. The molecule has 0 unspecified atom stereocenters. The average Bonchev–Trinajstić information content (AvgIpc) is 2.94. The highest BCUT2D eigenvalue weighted by Gasteiger charge is 2.10. The summed E-state index contributed by atoms with van der Waals surface area (Å²) in [6.07, 6.45) is 0. The van der Waals surface area contributed by atoms with Gasteiger partial charge in [0.2, 0.25) is 11.1 Å². The molecule has 2 aromatic carbocycles. The van der Waals surface area contributed by atoms with Gasteiger partial charge in [0.15, 0.2) is 0 Å². The number of amides is 3. The van der Waals surface area contributed by atoms with Crippen molar-refractivity contribution in [3.8, 4) is 0 Å². The van der Waals surface area contributed by atoms with E-state index in [-0.39, 0.29) is 29.5 Å². The number of anilines is 2. The van der Waals surface area contributed by atoms with Crippen molar-refractivity contribution in [3.05, 3.63) is 59.7 Å². The zero-order valence-electron chi connectivity index (χ0n) is 22.4. The molecule has 0 bridgehead atoms. The van der Waals surface area contributed by atoms with Gasteiger partial charge in [-0.05, 0) is 55.5 Å². The van der Waals surface area contributed by atoms with Crippen LogP contribution in [0.25, 0.3) is 0 Å². The molecule has 2 aromatic rings. The van der Waals surface area contributed by atoms with E-state index in [0.29, 0.717) is 22.5 Å². The molecular weight excluding hydrogens is 553 g/mol. The van der Waals surface area contributed by atoms with Crippen LogP contribution in [0.15, 0.2) is 48.5 Å². The van der Waals surface area contributed by atoms with E-state index in [1.54, 1.807) is 55.6 Å². The fraction of sp³-hybridized carbons (Fsp3) is 0.385. The third kappa shape index (κ3) is 16.8. The fourth-order valence-electron chi connectivity index (χ4n) is 2.62. The Kier molecular flexibility index (Phi) is 22.9. The average molecular weight is 591 g/mol. The maximum atomic E-state index is 11.4. The highest BCUT2D eigenvalue weighted by atomic mass is 35.5. The number of carbonyl (C=O) groups is 4. The number of nitrogens with two attached hydrogens (primary N) is 1. The Labute approximate surface area is 240 Å². The molecule has 212 valence electrons. The topological polar surface area (TPSA) is 134 Å². The second-order valence-corrected chi connectivity index (χ2v) is 8.04. The molecule has 9 nitrogen and oxygen atoms in total. The van der Waals surface area contributed by atoms with Crippen molar-refractivity contribution in [2.75, 3.05) is 56.5 Å². The van der Waals surface area contributed by atoms with E-state index >= 15 is 0 Å². The van der Waals surface area contributed by atoms with Gasteiger partial charge in [0.1, 0.15) is 5.88 Å². The van der Waals surface area contributed by atoms with Crippen LogP contribution in [0.4, 0.5) is 11.4 Å².